The smallest absolute Gasteiger partial charge is 0.356 e. The predicted octanol–water partition coefficient (Wildman–Crippen LogP) is 0.127. The highest BCUT2D eigenvalue weighted by atomic mass is 16.5. The van der Waals surface area contributed by atoms with Crippen molar-refractivity contribution >= 4 is 11.9 Å². The lowest BCUT2D eigenvalue weighted by molar-refractivity contribution is -0.141. The Morgan fingerprint density at radius 1 is 1.37 bits per heavy atom. The van der Waals surface area contributed by atoms with E-state index in [4.69, 9.17) is 9.84 Å². The lowest BCUT2D eigenvalue weighted by atomic mass is 10.1. The number of carboxylic acid groups (broad SMARTS) is 1. The van der Waals surface area contributed by atoms with Crippen molar-refractivity contribution in [2.24, 2.45) is 0 Å². The number of hydrogen-bond acceptors (Lipinski definition) is 6. The van der Waals surface area contributed by atoms with Crippen molar-refractivity contribution in [1.29, 1.82) is 0 Å². The molecule has 0 spiro atoms. The van der Waals surface area contributed by atoms with Crippen LogP contribution in [0.2, 0.25) is 0 Å². The molecule has 7 nitrogen and oxygen atoms in total. The van der Waals surface area contributed by atoms with Gasteiger partial charge in [0.1, 0.15) is 11.8 Å². The summed E-state index contributed by atoms with van der Waals surface area (Å²) in [5, 5.41) is 27.8. The third kappa shape index (κ3) is 4.31. The van der Waals surface area contributed by atoms with E-state index in [1.54, 1.807) is 6.92 Å². The summed E-state index contributed by atoms with van der Waals surface area (Å²) in [6, 6.07) is 4.25. The molecule has 0 aliphatic heterocycles. The van der Waals surface area contributed by atoms with Crippen molar-refractivity contribution in [2.45, 2.75) is 25.6 Å². The summed E-state index contributed by atoms with van der Waals surface area (Å²) in [6.07, 6.45) is -3.60. The number of carbonyl (C=O) groups excluding carboxylic acids is 1. The van der Waals surface area contributed by atoms with Gasteiger partial charge >= 0.3 is 11.9 Å². The second-order valence-corrected chi connectivity index (χ2v) is 3.78. The van der Waals surface area contributed by atoms with Gasteiger partial charge in [0.25, 0.3) is 0 Å². The standard InChI is InChI=1S/C12H15NO6/c1-2-19-12(18)8-5-3-4-7(13-8)11(17)9(14)6-10(15)16/h3-5,9,11,14,17H,2,6H2,1H3,(H,15,16). The number of aliphatic hydroxyl groups excluding tert-OH is 2. The van der Waals surface area contributed by atoms with E-state index in [-0.39, 0.29) is 18.0 Å². The molecule has 0 aromatic carbocycles. The van der Waals surface area contributed by atoms with Crippen LogP contribution in [0.25, 0.3) is 0 Å². The molecule has 1 rings (SSSR count). The van der Waals surface area contributed by atoms with Crippen LogP contribution in [0, 0.1) is 0 Å². The fraction of sp³-hybridized carbons (Fsp3) is 0.417. The van der Waals surface area contributed by atoms with Crippen molar-refractivity contribution in [2.75, 3.05) is 6.61 Å². The van der Waals surface area contributed by atoms with E-state index in [2.05, 4.69) is 4.98 Å². The van der Waals surface area contributed by atoms with Crippen LogP contribution in [-0.4, -0.2) is 45.0 Å². The molecule has 2 unspecified atom stereocenters. The molecule has 0 aliphatic carbocycles. The summed E-state index contributed by atoms with van der Waals surface area (Å²) in [5.41, 5.74) is 0.000211. The summed E-state index contributed by atoms with van der Waals surface area (Å²) >= 11 is 0. The monoisotopic (exact) mass is 269 g/mol. The zero-order chi connectivity index (χ0) is 14.4. The SMILES string of the molecule is CCOC(=O)c1cccc(C(O)C(O)CC(=O)O)n1. The van der Waals surface area contributed by atoms with Crippen LogP contribution >= 0.6 is 0 Å². The van der Waals surface area contributed by atoms with Crippen LogP contribution in [0.5, 0.6) is 0 Å². The molecule has 0 aliphatic rings. The lowest BCUT2D eigenvalue weighted by Gasteiger charge is -2.15. The summed E-state index contributed by atoms with van der Waals surface area (Å²) in [5.74, 6) is -1.89. The van der Waals surface area contributed by atoms with Gasteiger partial charge in [-0.3, -0.25) is 4.79 Å². The lowest BCUT2D eigenvalue weighted by Crippen LogP contribution is -2.23. The van der Waals surface area contributed by atoms with E-state index in [0.717, 1.165) is 0 Å². The topological polar surface area (TPSA) is 117 Å². The number of pyridine rings is 1. The largest absolute Gasteiger partial charge is 0.481 e. The Kier molecular flexibility index (Phi) is 5.40. The average Bonchev–Trinajstić information content (AvgIpc) is 2.37. The number of rotatable bonds is 6. The number of nitrogens with zero attached hydrogens (tertiary/aromatic N) is 1. The minimum absolute atomic E-state index is 0.0130. The zero-order valence-electron chi connectivity index (χ0n) is 10.3. The Hall–Kier alpha value is -1.99. The van der Waals surface area contributed by atoms with Gasteiger partial charge < -0.3 is 20.1 Å². The molecule has 7 heteroatoms. The van der Waals surface area contributed by atoms with Crippen LogP contribution in [0.15, 0.2) is 18.2 Å². The van der Waals surface area contributed by atoms with E-state index in [9.17, 15) is 19.8 Å². The molecule has 0 radical (unpaired) electrons. The Bertz CT molecular complexity index is 461. The van der Waals surface area contributed by atoms with Crippen molar-refractivity contribution in [3.05, 3.63) is 29.6 Å². The number of carbonyl (C=O) groups is 2. The van der Waals surface area contributed by atoms with Gasteiger partial charge in [0.05, 0.1) is 24.8 Å². The number of aliphatic hydroxyl groups is 2. The van der Waals surface area contributed by atoms with Crippen LogP contribution in [0.1, 0.15) is 35.6 Å². The van der Waals surface area contributed by atoms with Crippen molar-refractivity contribution in [3.8, 4) is 0 Å². The highest BCUT2D eigenvalue weighted by molar-refractivity contribution is 5.87. The Morgan fingerprint density at radius 3 is 2.63 bits per heavy atom. The van der Waals surface area contributed by atoms with Gasteiger partial charge in [-0.1, -0.05) is 6.07 Å². The van der Waals surface area contributed by atoms with Crippen LogP contribution in [0.3, 0.4) is 0 Å². The van der Waals surface area contributed by atoms with Crippen LogP contribution in [-0.2, 0) is 9.53 Å². The van der Waals surface area contributed by atoms with E-state index < -0.39 is 30.6 Å². The summed E-state index contributed by atoms with van der Waals surface area (Å²) < 4.78 is 4.75. The minimum atomic E-state index is -1.50. The second-order valence-electron chi connectivity index (χ2n) is 3.78. The van der Waals surface area contributed by atoms with E-state index in [0.29, 0.717) is 0 Å². The molecule has 0 saturated heterocycles. The fourth-order valence-electron chi connectivity index (χ4n) is 1.42. The number of hydrogen-bond donors (Lipinski definition) is 3. The molecule has 0 amide bonds. The number of aliphatic carboxylic acids is 1. The first kappa shape index (κ1) is 15.1. The highest BCUT2D eigenvalue weighted by Crippen LogP contribution is 2.17. The number of carboxylic acids is 1. The molecule has 19 heavy (non-hydrogen) atoms. The summed E-state index contributed by atoms with van der Waals surface area (Å²) in [6.45, 7) is 1.84. The maximum atomic E-state index is 11.4. The second kappa shape index (κ2) is 6.81. The average molecular weight is 269 g/mol. The molecule has 0 fully saturated rings. The van der Waals surface area contributed by atoms with E-state index >= 15 is 0 Å². The zero-order valence-corrected chi connectivity index (χ0v) is 10.3. The van der Waals surface area contributed by atoms with E-state index in [1.165, 1.54) is 18.2 Å². The predicted molar refractivity (Wildman–Crippen MR) is 63.4 cm³/mol. The Balaban J connectivity index is 2.86. The quantitative estimate of drug-likeness (QED) is 0.628. The van der Waals surface area contributed by atoms with Crippen molar-refractivity contribution < 1.29 is 29.6 Å². The van der Waals surface area contributed by atoms with Gasteiger partial charge in [0.15, 0.2) is 0 Å². The van der Waals surface area contributed by atoms with Gasteiger partial charge in [-0.05, 0) is 19.1 Å². The third-order valence-electron chi connectivity index (χ3n) is 2.31. The molecule has 1 aromatic heterocycles. The first-order valence-corrected chi connectivity index (χ1v) is 5.67. The molecule has 104 valence electrons. The molecule has 1 heterocycles. The summed E-state index contributed by atoms with van der Waals surface area (Å²) in [4.78, 5) is 25.7. The molecule has 1 aromatic rings. The normalized spacial score (nSPS) is 13.6. The summed E-state index contributed by atoms with van der Waals surface area (Å²) in [7, 11) is 0. The van der Waals surface area contributed by atoms with Crippen molar-refractivity contribution in [3.63, 3.8) is 0 Å². The van der Waals surface area contributed by atoms with Gasteiger partial charge in [-0.2, -0.15) is 0 Å². The molecule has 0 bridgehead atoms. The molecule has 0 saturated carbocycles. The highest BCUT2D eigenvalue weighted by Gasteiger charge is 2.23. The van der Waals surface area contributed by atoms with Gasteiger partial charge in [-0.15, -0.1) is 0 Å². The number of esters is 1. The maximum absolute atomic E-state index is 11.4. The van der Waals surface area contributed by atoms with Gasteiger partial charge in [-0.25, -0.2) is 9.78 Å². The molecule has 2 atom stereocenters. The molecular weight excluding hydrogens is 254 g/mol. The fourth-order valence-corrected chi connectivity index (χ4v) is 1.42. The minimum Gasteiger partial charge on any atom is -0.481 e. The Labute approximate surface area is 109 Å². The maximum Gasteiger partial charge on any atom is 0.356 e. The molecule has 3 N–H and O–H groups in total. The van der Waals surface area contributed by atoms with Crippen LogP contribution in [0.4, 0.5) is 0 Å². The third-order valence-corrected chi connectivity index (χ3v) is 2.31. The number of ether oxygens (including phenoxy) is 1. The van der Waals surface area contributed by atoms with Crippen LogP contribution < -0.4 is 0 Å². The number of aromatic nitrogens is 1. The first-order chi connectivity index (χ1) is 8.95. The van der Waals surface area contributed by atoms with E-state index in [1.807, 2.05) is 0 Å². The first-order valence-electron chi connectivity index (χ1n) is 5.67. The van der Waals surface area contributed by atoms with Gasteiger partial charge in [0, 0.05) is 0 Å². The van der Waals surface area contributed by atoms with Gasteiger partial charge in [0.2, 0.25) is 0 Å². The Morgan fingerprint density at radius 2 is 2.05 bits per heavy atom. The molecular formula is C12H15NO6. The van der Waals surface area contributed by atoms with Crippen molar-refractivity contribution in [1.82, 2.24) is 4.98 Å².